The zero-order chi connectivity index (χ0) is 10.8. The molecule has 2 heterocycles. The van der Waals surface area contributed by atoms with Crippen LogP contribution in [0.1, 0.15) is 0 Å². The fourth-order valence-electron chi connectivity index (χ4n) is 1.07. The van der Waals surface area contributed by atoms with Crippen LogP contribution >= 0.6 is 11.6 Å². The van der Waals surface area contributed by atoms with E-state index in [9.17, 15) is 10.1 Å². The molecule has 15 heavy (non-hydrogen) atoms. The smallest absolute Gasteiger partial charge is 0.258 e. The Hall–Kier alpha value is -1.95. The van der Waals surface area contributed by atoms with Crippen molar-refractivity contribution < 1.29 is 4.92 Å². The first-order valence-electron chi connectivity index (χ1n) is 3.98. The number of rotatable bonds is 2. The molecule has 0 fully saturated rings. The summed E-state index contributed by atoms with van der Waals surface area (Å²) in [7, 11) is 0. The molecule has 0 aromatic carbocycles. The van der Waals surface area contributed by atoms with Gasteiger partial charge in [-0.05, 0) is 12.1 Å². The fraction of sp³-hybridized carbons (Fsp3) is 0. The Morgan fingerprint density at radius 3 is 2.93 bits per heavy atom. The molecule has 0 aliphatic heterocycles. The van der Waals surface area contributed by atoms with Crippen LogP contribution in [0.25, 0.3) is 5.82 Å². The van der Waals surface area contributed by atoms with Gasteiger partial charge in [0.25, 0.3) is 0 Å². The van der Waals surface area contributed by atoms with E-state index in [4.69, 9.17) is 11.6 Å². The lowest BCUT2D eigenvalue weighted by Gasteiger charge is -2.00. The van der Waals surface area contributed by atoms with E-state index >= 15 is 0 Å². The molecule has 2 aromatic rings. The minimum atomic E-state index is -0.527. The summed E-state index contributed by atoms with van der Waals surface area (Å²) in [5.41, 5.74) is -0.100. The lowest BCUT2D eigenvalue weighted by atomic mass is 10.4. The molecule has 0 aliphatic rings. The van der Waals surface area contributed by atoms with Gasteiger partial charge in [0.1, 0.15) is 12.4 Å². The minimum Gasteiger partial charge on any atom is -0.258 e. The van der Waals surface area contributed by atoms with E-state index in [0.29, 0.717) is 10.8 Å². The highest BCUT2D eigenvalue weighted by Crippen LogP contribution is 2.18. The molecule has 0 amide bonds. The number of hydrogen-bond acceptors (Lipinski definition) is 4. The van der Waals surface area contributed by atoms with Crippen LogP contribution in [-0.4, -0.2) is 19.7 Å². The van der Waals surface area contributed by atoms with Gasteiger partial charge in [-0.15, -0.1) is 0 Å². The number of nitro groups is 1. The summed E-state index contributed by atoms with van der Waals surface area (Å²) in [6, 6.07) is 3.31. The predicted octanol–water partition coefficient (Wildman–Crippen LogP) is 1.83. The van der Waals surface area contributed by atoms with Crippen molar-refractivity contribution in [3.05, 3.63) is 45.9 Å². The molecule has 0 saturated carbocycles. The van der Waals surface area contributed by atoms with E-state index in [2.05, 4.69) is 10.1 Å². The van der Waals surface area contributed by atoms with Crippen molar-refractivity contribution in [2.75, 3.05) is 0 Å². The Morgan fingerprint density at radius 1 is 1.53 bits per heavy atom. The summed E-state index contributed by atoms with van der Waals surface area (Å²) in [5.74, 6) is 0.368. The predicted molar refractivity (Wildman–Crippen MR) is 53.0 cm³/mol. The fourth-order valence-corrected chi connectivity index (χ4v) is 1.28. The largest absolute Gasteiger partial charge is 0.307 e. The quantitative estimate of drug-likeness (QED) is 0.576. The average molecular weight is 225 g/mol. The molecule has 0 unspecified atom stereocenters. The Labute approximate surface area is 89.3 Å². The molecule has 0 atom stereocenters. The monoisotopic (exact) mass is 224 g/mol. The third-order valence-corrected chi connectivity index (χ3v) is 2.03. The number of pyridine rings is 1. The Kier molecular flexibility index (Phi) is 2.34. The van der Waals surface area contributed by atoms with Gasteiger partial charge in [0.05, 0.1) is 9.95 Å². The van der Waals surface area contributed by atoms with Gasteiger partial charge in [-0.25, -0.2) is 9.67 Å². The molecule has 6 nitrogen and oxygen atoms in total. The highest BCUT2D eigenvalue weighted by Gasteiger charge is 2.11. The average Bonchev–Trinajstić information content (AvgIpc) is 2.67. The van der Waals surface area contributed by atoms with Crippen LogP contribution in [-0.2, 0) is 0 Å². The summed E-state index contributed by atoms with van der Waals surface area (Å²) in [6.07, 6.45) is 3.94. The summed E-state index contributed by atoms with van der Waals surface area (Å²) < 4.78 is 1.26. The van der Waals surface area contributed by atoms with Gasteiger partial charge in [-0.3, -0.25) is 10.1 Å². The number of nitrogens with zero attached hydrogens (tertiary/aromatic N) is 4. The lowest BCUT2D eigenvalue weighted by molar-refractivity contribution is -0.384. The molecule has 0 spiro atoms. The van der Waals surface area contributed by atoms with Crippen LogP contribution in [0, 0.1) is 10.1 Å². The molecular formula is C8H5ClN4O2. The van der Waals surface area contributed by atoms with Crippen LogP contribution in [0.15, 0.2) is 30.7 Å². The van der Waals surface area contributed by atoms with Crippen molar-refractivity contribution in [2.45, 2.75) is 0 Å². The van der Waals surface area contributed by atoms with Crippen LogP contribution in [0.3, 0.4) is 0 Å². The Morgan fingerprint density at radius 2 is 2.33 bits per heavy atom. The third kappa shape index (κ3) is 1.79. The zero-order valence-electron chi connectivity index (χ0n) is 7.37. The normalized spacial score (nSPS) is 10.2. The maximum atomic E-state index is 10.4. The van der Waals surface area contributed by atoms with E-state index in [1.54, 1.807) is 12.1 Å². The standard InChI is InChI=1S/C8H5ClN4O2/c9-7-2-1-3-10-8(7)12-5-6(4-11-12)13(14)15/h1-5H. The van der Waals surface area contributed by atoms with Gasteiger partial charge >= 0.3 is 5.69 Å². The SMILES string of the molecule is O=[N+]([O-])c1cnn(-c2ncccc2Cl)c1. The van der Waals surface area contributed by atoms with Crippen molar-refractivity contribution >= 4 is 17.3 Å². The van der Waals surface area contributed by atoms with Gasteiger partial charge in [0.2, 0.25) is 0 Å². The van der Waals surface area contributed by atoms with Crippen LogP contribution < -0.4 is 0 Å². The Balaban J connectivity index is 2.46. The first-order valence-corrected chi connectivity index (χ1v) is 4.36. The van der Waals surface area contributed by atoms with Gasteiger partial charge in [-0.2, -0.15) is 5.10 Å². The molecule has 0 aliphatic carbocycles. The van der Waals surface area contributed by atoms with E-state index in [1.807, 2.05) is 0 Å². The summed E-state index contributed by atoms with van der Waals surface area (Å²) >= 11 is 5.85. The summed E-state index contributed by atoms with van der Waals surface area (Å²) in [5, 5.41) is 14.6. The second kappa shape index (κ2) is 3.66. The van der Waals surface area contributed by atoms with Crippen molar-refractivity contribution in [3.63, 3.8) is 0 Å². The third-order valence-electron chi connectivity index (χ3n) is 1.74. The summed E-state index contributed by atoms with van der Waals surface area (Å²) in [4.78, 5) is 13.9. The molecule has 2 aromatic heterocycles. The maximum absolute atomic E-state index is 10.4. The molecule has 0 saturated heterocycles. The van der Waals surface area contributed by atoms with Gasteiger partial charge in [0, 0.05) is 6.20 Å². The second-order valence-corrected chi connectivity index (χ2v) is 3.12. The van der Waals surface area contributed by atoms with E-state index in [1.165, 1.54) is 17.1 Å². The molecule has 7 heteroatoms. The molecule has 76 valence electrons. The van der Waals surface area contributed by atoms with Crippen molar-refractivity contribution in [1.29, 1.82) is 0 Å². The van der Waals surface area contributed by atoms with Crippen molar-refractivity contribution in [2.24, 2.45) is 0 Å². The molecule has 2 rings (SSSR count). The van der Waals surface area contributed by atoms with E-state index < -0.39 is 4.92 Å². The van der Waals surface area contributed by atoms with Gasteiger partial charge in [0.15, 0.2) is 5.82 Å². The zero-order valence-corrected chi connectivity index (χ0v) is 8.13. The van der Waals surface area contributed by atoms with Crippen molar-refractivity contribution in [3.8, 4) is 5.82 Å². The summed E-state index contributed by atoms with van der Waals surface area (Å²) in [6.45, 7) is 0. The first kappa shape index (κ1) is 9.60. The Bertz CT molecular complexity index is 511. The maximum Gasteiger partial charge on any atom is 0.307 e. The van der Waals surface area contributed by atoms with Crippen LogP contribution in [0.2, 0.25) is 5.02 Å². The van der Waals surface area contributed by atoms with Crippen LogP contribution in [0.5, 0.6) is 0 Å². The number of halogens is 1. The molecular weight excluding hydrogens is 220 g/mol. The number of aromatic nitrogens is 3. The van der Waals surface area contributed by atoms with Crippen molar-refractivity contribution in [1.82, 2.24) is 14.8 Å². The highest BCUT2D eigenvalue weighted by molar-refractivity contribution is 6.32. The first-order chi connectivity index (χ1) is 7.18. The minimum absolute atomic E-state index is 0.100. The molecule has 0 bridgehead atoms. The van der Waals surface area contributed by atoms with Crippen LogP contribution in [0.4, 0.5) is 5.69 Å². The topological polar surface area (TPSA) is 73.8 Å². The molecule has 0 radical (unpaired) electrons. The van der Waals surface area contributed by atoms with Gasteiger partial charge in [-0.1, -0.05) is 11.6 Å². The highest BCUT2D eigenvalue weighted by atomic mass is 35.5. The van der Waals surface area contributed by atoms with E-state index in [-0.39, 0.29) is 5.69 Å². The van der Waals surface area contributed by atoms with E-state index in [0.717, 1.165) is 6.20 Å². The second-order valence-electron chi connectivity index (χ2n) is 2.71. The molecule has 0 N–H and O–H groups in total. The van der Waals surface area contributed by atoms with Gasteiger partial charge < -0.3 is 0 Å². The lowest BCUT2D eigenvalue weighted by Crippen LogP contribution is -1.97. The number of hydrogen-bond donors (Lipinski definition) is 0.